The molecule has 5 aromatic carbocycles. The van der Waals surface area contributed by atoms with Gasteiger partial charge in [-0.15, -0.1) is 6.58 Å². The molecule has 6 atom stereocenters. The molecule has 2 N–H and O–H groups in total. The maximum absolute atomic E-state index is 14.3. The Bertz CT molecular complexity index is 2440. The number of likely N-dealkylation sites (N-methyl/N-ethyl adjacent to an activating group) is 1. The first-order valence-corrected chi connectivity index (χ1v) is 23.3. The zero-order chi connectivity index (χ0) is 45.7. The number of hydrogen-bond donors (Lipinski definition) is 2. The van der Waals surface area contributed by atoms with E-state index in [-0.39, 0.29) is 63.8 Å². The Morgan fingerprint density at radius 2 is 1.50 bits per heavy atom. The van der Waals surface area contributed by atoms with E-state index in [4.69, 9.17) is 33.7 Å². The lowest BCUT2D eigenvalue weighted by molar-refractivity contribution is -0.253. The molecule has 0 bridgehead atoms. The van der Waals surface area contributed by atoms with Crippen LogP contribution < -0.4 is 9.47 Å². The van der Waals surface area contributed by atoms with Gasteiger partial charge in [0.05, 0.1) is 31.5 Å². The summed E-state index contributed by atoms with van der Waals surface area (Å²) in [5.41, 5.74) is 4.62. The highest BCUT2D eigenvalue weighted by Crippen LogP contribution is 2.62. The minimum Gasteiger partial charge on any atom is -0.459 e. The summed E-state index contributed by atoms with van der Waals surface area (Å²) in [5.74, 6) is 0.0402. The fourth-order valence-corrected chi connectivity index (χ4v) is 10.1. The van der Waals surface area contributed by atoms with Crippen LogP contribution in [0.4, 0.5) is 4.79 Å². The van der Waals surface area contributed by atoms with E-state index >= 15 is 0 Å². The minimum absolute atomic E-state index is 0.0493. The summed E-state index contributed by atoms with van der Waals surface area (Å²) in [7, 11) is 1.72. The maximum atomic E-state index is 14.3. The molecule has 8 rings (SSSR count). The van der Waals surface area contributed by atoms with Crippen LogP contribution in [0, 0.1) is 17.8 Å². The van der Waals surface area contributed by atoms with Gasteiger partial charge in [-0.1, -0.05) is 121 Å². The third-order valence-corrected chi connectivity index (χ3v) is 13.2. The van der Waals surface area contributed by atoms with E-state index in [2.05, 4.69) is 36.9 Å². The van der Waals surface area contributed by atoms with Gasteiger partial charge in [0.25, 0.3) is 0 Å². The fourth-order valence-electron chi connectivity index (χ4n) is 10.1. The first kappa shape index (κ1) is 46.5. The monoisotopic (exact) mass is 894 g/mol. The van der Waals surface area contributed by atoms with E-state index in [0.717, 1.165) is 58.7 Å². The molecule has 11 nitrogen and oxygen atoms in total. The largest absolute Gasteiger partial charge is 0.459 e. The molecule has 0 aromatic heterocycles. The Hall–Kier alpha value is -5.98. The minimum atomic E-state index is -1.42. The van der Waals surface area contributed by atoms with E-state index in [0.29, 0.717) is 42.4 Å². The zero-order valence-corrected chi connectivity index (χ0v) is 37.8. The Balaban J connectivity index is 1.21. The molecule has 0 saturated heterocycles. The highest BCUT2D eigenvalue weighted by Gasteiger charge is 2.65. The van der Waals surface area contributed by atoms with Crippen LogP contribution in [0.5, 0.6) is 17.2 Å². The van der Waals surface area contributed by atoms with E-state index in [9.17, 15) is 15.0 Å². The number of carbonyl (C=O) groups excluding carboxylic acids is 1. The summed E-state index contributed by atoms with van der Waals surface area (Å²) in [6.07, 6.45) is 8.35. The van der Waals surface area contributed by atoms with Gasteiger partial charge in [0.1, 0.15) is 36.5 Å². The van der Waals surface area contributed by atoms with Crippen LogP contribution in [0.25, 0.3) is 10.8 Å². The first-order chi connectivity index (χ1) is 32.4. The van der Waals surface area contributed by atoms with E-state index in [1.54, 1.807) is 18.0 Å². The lowest BCUT2D eigenvalue weighted by atomic mass is 9.55. The number of nitrogens with zero attached hydrogens (tertiary/aromatic N) is 2. The Kier molecular flexibility index (Phi) is 15.9. The Morgan fingerprint density at radius 1 is 0.818 bits per heavy atom. The van der Waals surface area contributed by atoms with Crippen molar-refractivity contribution in [3.63, 3.8) is 0 Å². The SMILES string of the molecule is C=CCOC12Oc3ccc(Oc4ccc5ccccc5c4)cc3C3C(CCCCO)C(CCCCO)C=C(C(=NOCc4ccccc4)CC1N(C)C(=O)OCCOCc1ccccc1)C32. The standard InChI is InChI=1S/C55H62N2O9/c1-3-30-63-55-51(57(2)54(60)62-32-31-61-37-39-16-6-4-7-17-39)36-49(56-64-38-40-18-8-5-9-19-40)47-34-43(22-12-14-28-58)46(23-13-15-29-59)52(53(47)55)48-35-45(26-27-50(48)66-55)65-44-25-24-41-20-10-11-21-42(41)33-44/h3-11,16-21,24-27,33-35,43,46,51-53,58-59H,1,12-15,22-23,28-32,36-38H2,2H3. The van der Waals surface area contributed by atoms with Crippen LogP contribution in [-0.4, -0.2) is 78.8 Å². The smallest absolute Gasteiger partial charge is 0.410 e. The molecule has 346 valence electrons. The normalized spacial score (nSPS) is 22.4. The number of rotatable bonds is 22. The second kappa shape index (κ2) is 22.5. The summed E-state index contributed by atoms with van der Waals surface area (Å²) in [4.78, 5) is 22.1. The van der Waals surface area contributed by atoms with Crippen LogP contribution in [-0.2, 0) is 32.3 Å². The predicted molar refractivity (Wildman–Crippen MR) is 255 cm³/mol. The maximum Gasteiger partial charge on any atom is 0.410 e. The van der Waals surface area contributed by atoms with Gasteiger partial charge in [-0.05, 0) is 95.3 Å². The molecule has 1 heterocycles. The summed E-state index contributed by atoms with van der Waals surface area (Å²) in [5, 5.41) is 27.1. The number of benzene rings is 5. The number of ether oxygens (including phenoxy) is 5. The van der Waals surface area contributed by atoms with Crippen molar-refractivity contribution in [1.29, 1.82) is 0 Å². The molecule has 11 heteroatoms. The molecule has 0 radical (unpaired) electrons. The third-order valence-electron chi connectivity index (χ3n) is 13.2. The van der Waals surface area contributed by atoms with Crippen molar-refractivity contribution >= 4 is 22.6 Å². The number of amides is 1. The number of unbranched alkanes of at least 4 members (excludes halogenated alkanes) is 2. The van der Waals surface area contributed by atoms with Gasteiger partial charge in [-0.25, -0.2) is 4.79 Å². The third kappa shape index (κ3) is 10.7. The molecule has 1 aliphatic heterocycles. The highest BCUT2D eigenvalue weighted by molar-refractivity contribution is 6.03. The molecular formula is C55H62N2O9. The van der Waals surface area contributed by atoms with Gasteiger partial charge in [-0.3, -0.25) is 0 Å². The molecule has 66 heavy (non-hydrogen) atoms. The number of oxime groups is 1. The van der Waals surface area contributed by atoms with Gasteiger partial charge < -0.3 is 43.6 Å². The number of hydrogen-bond acceptors (Lipinski definition) is 10. The molecule has 6 unspecified atom stereocenters. The number of allylic oxidation sites excluding steroid dienone is 1. The number of carbonyl (C=O) groups is 1. The van der Waals surface area contributed by atoms with Crippen molar-refractivity contribution < 1.29 is 43.5 Å². The molecule has 3 aliphatic rings. The molecule has 1 saturated carbocycles. The van der Waals surface area contributed by atoms with Gasteiger partial charge in [-0.2, -0.15) is 0 Å². The van der Waals surface area contributed by atoms with Crippen molar-refractivity contribution in [2.75, 3.05) is 40.1 Å². The van der Waals surface area contributed by atoms with E-state index < -0.39 is 23.8 Å². The van der Waals surface area contributed by atoms with Crippen LogP contribution in [0.1, 0.15) is 67.6 Å². The fraction of sp³-hybridized carbons (Fsp3) is 0.382. The van der Waals surface area contributed by atoms with Crippen molar-refractivity contribution in [3.05, 3.63) is 162 Å². The summed E-state index contributed by atoms with van der Waals surface area (Å²) >= 11 is 0. The van der Waals surface area contributed by atoms with Crippen LogP contribution in [0.15, 0.2) is 151 Å². The van der Waals surface area contributed by atoms with Crippen molar-refractivity contribution in [2.45, 2.75) is 75.9 Å². The van der Waals surface area contributed by atoms with Crippen molar-refractivity contribution in [1.82, 2.24) is 4.90 Å². The predicted octanol–water partition coefficient (Wildman–Crippen LogP) is 10.8. The first-order valence-electron chi connectivity index (χ1n) is 23.3. The molecule has 2 aliphatic carbocycles. The van der Waals surface area contributed by atoms with Crippen LogP contribution >= 0.6 is 0 Å². The van der Waals surface area contributed by atoms with E-state index in [1.807, 2.05) is 97.1 Å². The number of aliphatic hydroxyl groups excluding tert-OH is 2. The number of fused-ring (bicyclic) bond motifs is 3. The molecular weight excluding hydrogens is 833 g/mol. The van der Waals surface area contributed by atoms with Gasteiger partial charge >= 0.3 is 6.09 Å². The Morgan fingerprint density at radius 3 is 2.24 bits per heavy atom. The summed E-state index contributed by atoms with van der Waals surface area (Å²) < 4.78 is 32.8. The van der Waals surface area contributed by atoms with Crippen LogP contribution in [0.3, 0.4) is 0 Å². The highest BCUT2D eigenvalue weighted by atomic mass is 16.7. The molecule has 0 spiro atoms. The summed E-state index contributed by atoms with van der Waals surface area (Å²) in [6, 6.07) is 39.3. The lowest BCUT2D eigenvalue weighted by Gasteiger charge is -2.59. The van der Waals surface area contributed by atoms with Crippen LogP contribution in [0.2, 0.25) is 0 Å². The number of aliphatic hydroxyl groups is 2. The summed E-state index contributed by atoms with van der Waals surface area (Å²) in [6.45, 7) is 5.31. The van der Waals surface area contributed by atoms with Gasteiger partial charge in [0.15, 0.2) is 0 Å². The second-order valence-electron chi connectivity index (χ2n) is 17.4. The topological polar surface area (TPSA) is 129 Å². The average molecular weight is 895 g/mol. The average Bonchev–Trinajstić information content (AvgIpc) is 3.35. The second-order valence-corrected chi connectivity index (χ2v) is 17.4. The lowest BCUT2D eigenvalue weighted by Crippen LogP contribution is -2.69. The van der Waals surface area contributed by atoms with Gasteiger partial charge in [0, 0.05) is 38.2 Å². The van der Waals surface area contributed by atoms with E-state index in [1.165, 1.54) is 0 Å². The van der Waals surface area contributed by atoms with Crippen molar-refractivity contribution in [2.24, 2.45) is 22.9 Å². The molecule has 1 amide bonds. The molecule has 5 aromatic rings. The van der Waals surface area contributed by atoms with Crippen molar-refractivity contribution in [3.8, 4) is 17.2 Å². The Labute approximate surface area is 388 Å². The molecule has 1 fully saturated rings. The van der Waals surface area contributed by atoms with Gasteiger partial charge in [0.2, 0.25) is 5.79 Å². The quantitative estimate of drug-likeness (QED) is 0.0396. The zero-order valence-electron chi connectivity index (χ0n) is 37.8.